The van der Waals surface area contributed by atoms with Gasteiger partial charge < -0.3 is 0 Å². The molecule has 1 heterocycles. The van der Waals surface area contributed by atoms with Gasteiger partial charge in [-0.1, -0.05) is 72.8 Å². The van der Waals surface area contributed by atoms with Crippen LogP contribution in [0.4, 0.5) is 0 Å². The van der Waals surface area contributed by atoms with Gasteiger partial charge in [0.1, 0.15) is 10.6 Å². The van der Waals surface area contributed by atoms with E-state index in [2.05, 4.69) is 9.82 Å². The Hall–Kier alpha value is -3.31. The van der Waals surface area contributed by atoms with Crippen molar-refractivity contribution >= 4 is 20.0 Å². The Morgan fingerprint density at radius 2 is 1.41 bits per heavy atom. The molecule has 1 aromatic heterocycles. The molecule has 0 atom stereocenters. The Kier molecular flexibility index (Phi) is 6.94. The maximum Gasteiger partial charge on any atom is 0.244 e. The summed E-state index contributed by atoms with van der Waals surface area (Å²) in [7, 11) is -7.63. The molecule has 10 heteroatoms. The highest BCUT2D eigenvalue weighted by molar-refractivity contribution is 7.89. The quantitative estimate of drug-likeness (QED) is 0.369. The molecule has 0 saturated carbocycles. The van der Waals surface area contributed by atoms with Gasteiger partial charge in [0.2, 0.25) is 20.0 Å². The SMILES string of the molecule is NS(=O)(=O)c1ccc(CCNS(=O)(=O)c2cn(Cc3ccccc3)nc2-c2ccccc2)cc1. The number of primary sulfonamides is 1. The van der Waals surface area contributed by atoms with E-state index in [4.69, 9.17) is 5.14 Å². The van der Waals surface area contributed by atoms with Gasteiger partial charge in [-0.15, -0.1) is 0 Å². The molecule has 3 aromatic carbocycles. The molecular weight excluding hydrogens is 472 g/mol. The van der Waals surface area contributed by atoms with Gasteiger partial charge in [-0.2, -0.15) is 5.10 Å². The number of benzene rings is 3. The number of nitrogens with two attached hydrogens (primary N) is 1. The molecule has 0 aliphatic rings. The maximum absolute atomic E-state index is 13.2. The number of hydrogen-bond acceptors (Lipinski definition) is 5. The van der Waals surface area contributed by atoms with Gasteiger partial charge in [0, 0.05) is 18.3 Å². The minimum absolute atomic E-state index is 0.00941. The van der Waals surface area contributed by atoms with E-state index in [1.165, 1.54) is 12.1 Å². The predicted molar refractivity (Wildman–Crippen MR) is 130 cm³/mol. The third-order valence-electron chi connectivity index (χ3n) is 5.21. The van der Waals surface area contributed by atoms with E-state index in [0.717, 1.165) is 11.1 Å². The molecule has 0 unspecified atom stereocenters. The summed E-state index contributed by atoms with van der Waals surface area (Å²) in [6.45, 7) is 0.571. The van der Waals surface area contributed by atoms with Crippen LogP contribution in [0.2, 0.25) is 0 Å². The van der Waals surface area contributed by atoms with Crippen LogP contribution in [0.1, 0.15) is 11.1 Å². The molecule has 176 valence electrons. The topological polar surface area (TPSA) is 124 Å². The summed E-state index contributed by atoms with van der Waals surface area (Å²) in [4.78, 5) is 0.106. The fourth-order valence-corrected chi connectivity index (χ4v) is 5.22. The van der Waals surface area contributed by atoms with Crippen LogP contribution < -0.4 is 9.86 Å². The van der Waals surface area contributed by atoms with Crippen molar-refractivity contribution in [2.75, 3.05) is 6.54 Å². The molecule has 0 radical (unpaired) electrons. The Balaban J connectivity index is 1.55. The Morgan fingerprint density at radius 3 is 2.03 bits per heavy atom. The molecule has 8 nitrogen and oxygen atoms in total. The average molecular weight is 497 g/mol. The van der Waals surface area contributed by atoms with E-state index in [1.54, 1.807) is 23.0 Å². The summed E-state index contributed by atoms with van der Waals surface area (Å²) in [5.41, 5.74) is 2.86. The summed E-state index contributed by atoms with van der Waals surface area (Å²) in [6.07, 6.45) is 1.92. The van der Waals surface area contributed by atoms with Crippen LogP contribution in [-0.2, 0) is 33.0 Å². The Bertz CT molecular complexity index is 1470. The van der Waals surface area contributed by atoms with Crippen molar-refractivity contribution in [1.82, 2.24) is 14.5 Å². The fraction of sp³-hybridized carbons (Fsp3) is 0.125. The maximum atomic E-state index is 13.2. The summed E-state index contributed by atoms with van der Waals surface area (Å²) in [5.74, 6) is 0. The molecule has 0 aliphatic carbocycles. The number of nitrogens with one attached hydrogen (secondary N) is 1. The Labute approximate surface area is 199 Å². The third kappa shape index (κ3) is 5.78. The number of aromatic nitrogens is 2. The first-order valence-electron chi connectivity index (χ1n) is 10.5. The van der Waals surface area contributed by atoms with Crippen molar-refractivity contribution in [3.63, 3.8) is 0 Å². The first-order valence-corrected chi connectivity index (χ1v) is 13.5. The van der Waals surface area contributed by atoms with Crippen LogP contribution in [0.5, 0.6) is 0 Å². The van der Waals surface area contributed by atoms with E-state index in [0.29, 0.717) is 24.2 Å². The first-order chi connectivity index (χ1) is 16.2. The minimum atomic E-state index is -3.86. The Morgan fingerprint density at radius 1 is 0.794 bits per heavy atom. The lowest BCUT2D eigenvalue weighted by atomic mass is 10.2. The number of rotatable bonds is 9. The standard InChI is InChI=1S/C24H24N4O4S2/c25-33(29,30)22-13-11-19(12-14-22)15-16-26-34(31,32)23-18-28(17-20-7-3-1-4-8-20)27-24(23)21-9-5-2-6-10-21/h1-14,18,26H,15-17H2,(H2,25,29,30). The zero-order chi connectivity index (χ0) is 24.2. The highest BCUT2D eigenvalue weighted by atomic mass is 32.2. The van der Waals surface area contributed by atoms with Gasteiger partial charge in [-0.05, 0) is 29.7 Å². The zero-order valence-electron chi connectivity index (χ0n) is 18.2. The van der Waals surface area contributed by atoms with Crippen LogP contribution in [0, 0.1) is 0 Å². The second-order valence-electron chi connectivity index (χ2n) is 7.73. The van der Waals surface area contributed by atoms with E-state index < -0.39 is 20.0 Å². The van der Waals surface area contributed by atoms with E-state index in [1.807, 2.05) is 60.7 Å². The van der Waals surface area contributed by atoms with Crippen molar-refractivity contribution in [3.8, 4) is 11.3 Å². The van der Waals surface area contributed by atoms with E-state index in [9.17, 15) is 16.8 Å². The number of sulfonamides is 2. The van der Waals surface area contributed by atoms with Gasteiger partial charge in [0.25, 0.3) is 0 Å². The molecule has 0 fully saturated rings. The van der Waals surface area contributed by atoms with Gasteiger partial charge in [0.05, 0.1) is 11.4 Å². The fourth-order valence-electron chi connectivity index (χ4n) is 3.50. The second-order valence-corrected chi connectivity index (χ2v) is 11.0. The smallest absolute Gasteiger partial charge is 0.244 e. The van der Waals surface area contributed by atoms with Gasteiger partial charge >= 0.3 is 0 Å². The lowest BCUT2D eigenvalue weighted by molar-refractivity contribution is 0.581. The summed E-state index contributed by atoms with van der Waals surface area (Å²) < 4.78 is 53.5. The largest absolute Gasteiger partial charge is 0.266 e. The second kappa shape index (κ2) is 9.90. The molecule has 0 bridgehead atoms. The first kappa shape index (κ1) is 23.8. The van der Waals surface area contributed by atoms with Crippen molar-refractivity contribution < 1.29 is 16.8 Å². The summed E-state index contributed by atoms with van der Waals surface area (Å²) >= 11 is 0. The highest BCUT2D eigenvalue weighted by Gasteiger charge is 2.23. The normalized spacial score (nSPS) is 12.0. The monoisotopic (exact) mass is 496 g/mol. The summed E-state index contributed by atoms with van der Waals surface area (Å²) in [5, 5.41) is 9.68. The molecule has 4 rings (SSSR count). The number of hydrogen-bond donors (Lipinski definition) is 2. The van der Waals surface area contributed by atoms with Crippen LogP contribution in [-0.4, -0.2) is 33.2 Å². The molecule has 4 aromatic rings. The van der Waals surface area contributed by atoms with Gasteiger partial charge in [-0.3, -0.25) is 4.68 Å². The van der Waals surface area contributed by atoms with E-state index in [-0.39, 0.29) is 16.3 Å². The van der Waals surface area contributed by atoms with Crippen LogP contribution in [0.3, 0.4) is 0 Å². The lowest BCUT2D eigenvalue weighted by Gasteiger charge is -2.07. The molecule has 0 spiro atoms. The zero-order valence-corrected chi connectivity index (χ0v) is 19.8. The highest BCUT2D eigenvalue weighted by Crippen LogP contribution is 2.26. The van der Waals surface area contributed by atoms with Crippen molar-refractivity contribution in [1.29, 1.82) is 0 Å². The number of nitrogens with zero attached hydrogens (tertiary/aromatic N) is 2. The molecule has 0 amide bonds. The van der Waals surface area contributed by atoms with Crippen molar-refractivity contribution in [2.45, 2.75) is 22.8 Å². The molecule has 34 heavy (non-hydrogen) atoms. The van der Waals surface area contributed by atoms with Gasteiger partial charge in [0.15, 0.2) is 0 Å². The van der Waals surface area contributed by atoms with Crippen molar-refractivity contribution in [2.24, 2.45) is 5.14 Å². The molecule has 0 saturated heterocycles. The molecular formula is C24H24N4O4S2. The van der Waals surface area contributed by atoms with E-state index >= 15 is 0 Å². The molecule has 3 N–H and O–H groups in total. The average Bonchev–Trinajstić information content (AvgIpc) is 3.25. The lowest BCUT2D eigenvalue weighted by Crippen LogP contribution is -2.26. The van der Waals surface area contributed by atoms with Crippen LogP contribution in [0.25, 0.3) is 11.3 Å². The summed E-state index contributed by atoms with van der Waals surface area (Å²) in [6, 6.07) is 24.9. The minimum Gasteiger partial charge on any atom is -0.266 e. The third-order valence-corrected chi connectivity index (χ3v) is 7.60. The van der Waals surface area contributed by atoms with Crippen LogP contribution in [0.15, 0.2) is 101 Å². The van der Waals surface area contributed by atoms with Crippen LogP contribution >= 0.6 is 0 Å². The van der Waals surface area contributed by atoms with Gasteiger partial charge in [-0.25, -0.2) is 26.7 Å². The van der Waals surface area contributed by atoms with Crippen molar-refractivity contribution in [3.05, 3.63) is 102 Å². The predicted octanol–water partition coefficient (Wildman–Crippen LogP) is 2.77. The molecule has 0 aliphatic heterocycles.